The Morgan fingerprint density at radius 3 is 2.57 bits per heavy atom. The molecule has 1 amide bonds. The first-order chi connectivity index (χ1) is 17.6. The number of nitrogens with zero attached hydrogens (tertiary/aromatic N) is 4. The average molecular weight is 636 g/mol. The number of hydrogen-bond acceptors (Lipinski definition) is 7. The van der Waals surface area contributed by atoms with Crippen LogP contribution in [0, 0.1) is 0 Å². The summed E-state index contributed by atoms with van der Waals surface area (Å²) in [6.07, 6.45) is 1.52. The van der Waals surface area contributed by atoms with Crippen molar-refractivity contribution in [3.63, 3.8) is 0 Å². The minimum Gasteiger partial charge on any atom is -0.493 e. The van der Waals surface area contributed by atoms with Crippen molar-refractivity contribution in [2.75, 3.05) is 40.0 Å². The van der Waals surface area contributed by atoms with Gasteiger partial charge < -0.3 is 19.1 Å². The van der Waals surface area contributed by atoms with E-state index < -0.39 is 5.41 Å². The third-order valence-electron chi connectivity index (χ3n) is 5.76. The molecule has 37 heavy (non-hydrogen) atoms. The summed E-state index contributed by atoms with van der Waals surface area (Å²) in [6.45, 7) is 7.81. The van der Waals surface area contributed by atoms with E-state index in [9.17, 15) is 9.59 Å². The van der Waals surface area contributed by atoms with Crippen LogP contribution in [-0.2, 0) is 14.9 Å². The van der Waals surface area contributed by atoms with E-state index >= 15 is 0 Å². The number of rotatable bonds is 6. The van der Waals surface area contributed by atoms with E-state index in [0.717, 1.165) is 8.95 Å². The second kappa shape index (κ2) is 11.3. The second-order valence-corrected chi connectivity index (χ2v) is 11.3. The van der Waals surface area contributed by atoms with Crippen molar-refractivity contribution < 1.29 is 19.0 Å². The fraction of sp³-hybridized carbons (Fsp3) is 0.385. The Balaban J connectivity index is 1.75. The van der Waals surface area contributed by atoms with E-state index in [1.54, 1.807) is 29.2 Å². The van der Waals surface area contributed by atoms with Crippen LogP contribution in [0.25, 0.3) is 10.9 Å². The quantitative estimate of drug-likeness (QED) is 0.374. The van der Waals surface area contributed by atoms with Gasteiger partial charge in [-0.1, -0.05) is 52.6 Å². The standard InChI is InChI=1S/C26H28Br2N4O5/c1-26(2,3)25-30-20-6-5-17(27)12-19(20)24(34)32(25)29-14-16-11-18(28)13-21(35-4)23(16)37-15-22(33)31-7-9-36-10-8-31/h5-6,11-14H,7-10,15H2,1-4H3. The number of halogens is 2. The molecule has 1 aromatic heterocycles. The maximum absolute atomic E-state index is 13.5. The van der Waals surface area contributed by atoms with Crippen molar-refractivity contribution in [2.45, 2.75) is 26.2 Å². The van der Waals surface area contributed by atoms with Crippen LogP contribution in [0.15, 0.2) is 49.2 Å². The Morgan fingerprint density at radius 2 is 1.89 bits per heavy atom. The highest BCUT2D eigenvalue weighted by molar-refractivity contribution is 9.10. The minimum absolute atomic E-state index is 0.147. The first kappa shape index (κ1) is 27.3. The molecule has 0 spiro atoms. The minimum atomic E-state index is -0.462. The smallest absolute Gasteiger partial charge is 0.282 e. The third kappa shape index (κ3) is 6.22. The molecule has 0 bridgehead atoms. The lowest BCUT2D eigenvalue weighted by Gasteiger charge is -2.27. The zero-order valence-corrected chi connectivity index (χ0v) is 24.3. The molecule has 3 aromatic rings. The van der Waals surface area contributed by atoms with Gasteiger partial charge in [-0.2, -0.15) is 9.78 Å². The average Bonchev–Trinajstić information content (AvgIpc) is 2.87. The largest absolute Gasteiger partial charge is 0.493 e. The first-order valence-electron chi connectivity index (χ1n) is 11.7. The number of hydrogen-bond donors (Lipinski definition) is 0. The van der Waals surface area contributed by atoms with Gasteiger partial charge in [-0.15, -0.1) is 0 Å². The number of ether oxygens (including phenoxy) is 3. The molecule has 9 nitrogen and oxygen atoms in total. The van der Waals surface area contributed by atoms with Gasteiger partial charge in [0.15, 0.2) is 18.1 Å². The summed E-state index contributed by atoms with van der Waals surface area (Å²) in [5.41, 5.74) is 0.372. The number of benzene rings is 2. The van der Waals surface area contributed by atoms with Crippen LogP contribution in [-0.4, -0.2) is 66.7 Å². The van der Waals surface area contributed by atoms with Gasteiger partial charge in [0.25, 0.3) is 11.5 Å². The molecule has 1 aliphatic rings. The Labute approximate surface area is 231 Å². The van der Waals surface area contributed by atoms with Crippen LogP contribution < -0.4 is 15.0 Å². The molecule has 1 fully saturated rings. The van der Waals surface area contributed by atoms with Crippen LogP contribution >= 0.6 is 31.9 Å². The molecule has 0 saturated carbocycles. The zero-order chi connectivity index (χ0) is 26.7. The number of amides is 1. The third-order valence-corrected chi connectivity index (χ3v) is 6.71. The molecule has 1 saturated heterocycles. The monoisotopic (exact) mass is 634 g/mol. The van der Waals surface area contributed by atoms with Crippen molar-refractivity contribution in [2.24, 2.45) is 5.10 Å². The number of carbonyl (C=O) groups is 1. The fourth-order valence-electron chi connectivity index (χ4n) is 3.89. The normalized spacial score (nSPS) is 14.4. The van der Waals surface area contributed by atoms with Crippen molar-refractivity contribution in [1.82, 2.24) is 14.6 Å². The second-order valence-electron chi connectivity index (χ2n) is 9.52. The SMILES string of the molecule is COc1cc(Br)cc(C=Nn2c(C(C)(C)C)nc3ccc(Br)cc3c2=O)c1OCC(=O)N1CCOCC1. The molecule has 0 aliphatic carbocycles. The maximum Gasteiger partial charge on any atom is 0.282 e. The Kier molecular flexibility index (Phi) is 8.35. The molecule has 4 rings (SSSR count). The van der Waals surface area contributed by atoms with E-state index in [4.69, 9.17) is 19.2 Å². The van der Waals surface area contributed by atoms with Gasteiger partial charge in [0.2, 0.25) is 0 Å². The number of fused-ring (bicyclic) bond motifs is 1. The van der Waals surface area contributed by atoms with Crippen LogP contribution in [0.1, 0.15) is 32.2 Å². The fourth-order valence-corrected chi connectivity index (χ4v) is 4.71. The van der Waals surface area contributed by atoms with Gasteiger partial charge >= 0.3 is 0 Å². The number of carbonyl (C=O) groups excluding carboxylic acids is 1. The van der Waals surface area contributed by atoms with Crippen molar-refractivity contribution >= 4 is 54.9 Å². The molecular weight excluding hydrogens is 608 g/mol. The lowest BCUT2D eigenvalue weighted by molar-refractivity contribution is -0.137. The molecule has 196 valence electrons. The number of aromatic nitrogens is 2. The highest BCUT2D eigenvalue weighted by atomic mass is 79.9. The molecule has 11 heteroatoms. The molecular formula is C26H28Br2N4O5. The summed E-state index contributed by atoms with van der Waals surface area (Å²) in [7, 11) is 1.52. The maximum atomic E-state index is 13.5. The highest BCUT2D eigenvalue weighted by Crippen LogP contribution is 2.34. The van der Waals surface area contributed by atoms with Crippen LogP contribution in [0.3, 0.4) is 0 Å². The molecule has 2 heterocycles. The van der Waals surface area contributed by atoms with Crippen LogP contribution in [0.5, 0.6) is 11.5 Å². The Hall–Kier alpha value is -2.76. The van der Waals surface area contributed by atoms with Crippen LogP contribution in [0.2, 0.25) is 0 Å². The predicted molar refractivity (Wildman–Crippen MR) is 149 cm³/mol. The predicted octanol–water partition coefficient (Wildman–Crippen LogP) is 4.35. The van der Waals surface area contributed by atoms with Gasteiger partial charge in [-0.25, -0.2) is 4.98 Å². The van der Waals surface area contributed by atoms with Crippen molar-refractivity contribution in [3.05, 3.63) is 61.0 Å². The summed E-state index contributed by atoms with van der Waals surface area (Å²) in [6, 6.07) is 8.92. The van der Waals surface area contributed by atoms with Gasteiger partial charge in [-0.05, 0) is 30.3 Å². The van der Waals surface area contributed by atoms with E-state index in [2.05, 4.69) is 37.0 Å². The molecule has 0 radical (unpaired) electrons. The lowest BCUT2D eigenvalue weighted by Crippen LogP contribution is -2.43. The van der Waals surface area contributed by atoms with Gasteiger partial charge in [0.05, 0.1) is 37.4 Å². The van der Waals surface area contributed by atoms with Crippen molar-refractivity contribution in [3.8, 4) is 11.5 Å². The summed E-state index contributed by atoms with van der Waals surface area (Å²) in [5, 5.41) is 4.99. The summed E-state index contributed by atoms with van der Waals surface area (Å²) >= 11 is 6.91. The molecule has 0 unspecified atom stereocenters. The van der Waals surface area contributed by atoms with E-state index in [0.29, 0.717) is 60.1 Å². The van der Waals surface area contributed by atoms with E-state index in [1.165, 1.54) is 18.0 Å². The topological polar surface area (TPSA) is 95.2 Å². The first-order valence-corrected chi connectivity index (χ1v) is 13.3. The van der Waals surface area contributed by atoms with E-state index in [-0.39, 0.29) is 18.1 Å². The zero-order valence-electron chi connectivity index (χ0n) is 21.1. The summed E-state index contributed by atoms with van der Waals surface area (Å²) in [5.74, 6) is 1.13. The van der Waals surface area contributed by atoms with Crippen LogP contribution in [0.4, 0.5) is 0 Å². The summed E-state index contributed by atoms with van der Waals surface area (Å²) in [4.78, 5) is 32.6. The van der Waals surface area contributed by atoms with Gasteiger partial charge in [-0.3, -0.25) is 9.59 Å². The Morgan fingerprint density at radius 1 is 1.16 bits per heavy atom. The molecule has 1 aliphatic heterocycles. The number of methoxy groups -OCH3 is 1. The van der Waals surface area contributed by atoms with Gasteiger partial charge in [0.1, 0.15) is 5.82 Å². The highest BCUT2D eigenvalue weighted by Gasteiger charge is 2.24. The molecule has 2 aromatic carbocycles. The molecule has 0 N–H and O–H groups in total. The Bertz CT molecular complexity index is 1410. The van der Waals surface area contributed by atoms with Gasteiger partial charge in [0, 0.05) is 33.0 Å². The number of morpholine rings is 1. The van der Waals surface area contributed by atoms with Crippen molar-refractivity contribution in [1.29, 1.82) is 0 Å². The van der Waals surface area contributed by atoms with E-state index in [1.807, 2.05) is 26.8 Å². The summed E-state index contributed by atoms with van der Waals surface area (Å²) < 4.78 is 19.6. The lowest BCUT2D eigenvalue weighted by atomic mass is 9.95. The molecule has 0 atom stereocenters.